The van der Waals surface area contributed by atoms with Gasteiger partial charge in [-0.2, -0.15) is 11.8 Å². The van der Waals surface area contributed by atoms with Crippen molar-refractivity contribution in [3.63, 3.8) is 0 Å². The van der Waals surface area contributed by atoms with Crippen molar-refractivity contribution in [2.45, 2.75) is 44.7 Å². The summed E-state index contributed by atoms with van der Waals surface area (Å²) in [6, 6.07) is 0.308. The van der Waals surface area contributed by atoms with Gasteiger partial charge in [0, 0.05) is 18.8 Å². The summed E-state index contributed by atoms with van der Waals surface area (Å²) in [5.41, 5.74) is -0.334. The van der Waals surface area contributed by atoms with Gasteiger partial charge in [-0.1, -0.05) is 0 Å². The second-order valence-corrected chi connectivity index (χ2v) is 5.85. The van der Waals surface area contributed by atoms with Crippen molar-refractivity contribution < 1.29 is 4.79 Å². The second-order valence-electron chi connectivity index (χ2n) is 4.94. The largest absolute Gasteiger partial charge is 0.341 e. The zero-order chi connectivity index (χ0) is 12.2. The van der Waals surface area contributed by atoms with E-state index in [1.807, 2.05) is 18.9 Å². The fraction of sp³-hybridized carbons (Fsp3) is 0.917. The first-order valence-corrected chi connectivity index (χ1v) is 7.42. The van der Waals surface area contributed by atoms with Crippen LogP contribution in [0.2, 0.25) is 0 Å². The van der Waals surface area contributed by atoms with Crippen LogP contribution in [0.25, 0.3) is 0 Å². The number of nitrogens with one attached hydrogen (secondary N) is 1. The summed E-state index contributed by atoms with van der Waals surface area (Å²) in [5, 5.41) is 3.38. The molecular formula is C12H24N2OS. The molecule has 0 aromatic heterocycles. The summed E-state index contributed by atoms with van der Waals surface area (Å²) >= 11 is 1.79. The van der Waals surface area contributed by atoms with E-state index in [4.69, 9.17) is 0 Å². The van der Waals surface area contributed by atoms with Crippen LogP contribution in [0.5, 0.6) is 0 Å². The Labute approximate surface area is 103 Å². The monoisotopic (exact) mass is 244 g/mol. The van der Waals surface area contributed by atoms with E-state index in [2.05, 4.69) is 18.5 Å². The van der Waals surface area contributed by atoms with Gasteiger partial charge in [0.15, 0.2) is 0 Å². The van der Waals surface area contributed by atoms with Crippen molar-refractivity contribution in [3.05, 3.63) is 0 Å². The van der Waals surface area contributed by atoms with Crippen LogP contribution in [0.3, 0.4) is 0 Å². The van der Waals surface area contributed by atoms with E-state index in [0.717, 1.165) is 25.1 Å². The normalized spacial score (nSPS) is 27.5. The molecular weight excluding hydrogens is 220 g/mol. The third kappa shape index (κ3) is 3.14. The van der Waals surface area contributed by atoms with Crippen molar-refractivity contribution in [3.8, 4) is 0 Å². The van der Waals surface area contributed by atoms with Gasteiger partial charge in [0.05, 0.1) is 5.54 Å². The summed E-state index contributed by atoms with van der Waals surface area (Å²) in [7, 11) is 1.92. The van der Waals surface area contributed by atoms with Crippen molar-refractivity contribution in [1.82, 2.24) is 10.2 Å². The minimum atomic E-state index is -0.334. The zero-order valence-corrected chi connectivity index (χ0v) is 11.7. The molecule has 16 heavy (non-hydrogen) atoms. The molecule has 1 amide bonds. The molecule has 2 atom stereocenters. The Morgan fingerprint density at radius 1 is 1.56 bits per heavy atom. The first-order chi connectivity index (χ1) is 7.51. The summed E-state index contributed by atoms with van der Waals surface area (Å²) in [5.74, 6) is 1.24. The van der Waals surface area contributed by atoms with E-state index in [9.17, 15) is 4.79 Å². The van der Waals surface area contributed by atoms with Crippen LogP contribution in [-0.2, 0) is 4.79 Å². The van der Waals surface area contributed by atoms with E-state index in [1.165, 1.54) is 6.42 Å². The standard InChI is InChI=1S/C12H24N2OS/c1-10(9-16-4)14(3)11(15)12(2)7-5-6-8-13-12/h10,13H,5-9H2,1-4H3. The molecule has 1 heterocycles. The molecule has 1 saturated heterocycles. The molecule has 4 heteroatoms. The van der Waals surface area contributed by atoms with Gasteiger partial charge < -0.3 is 10.2 Å². The topological polar surface area (TPSA) is 32.3 Å². The smallest absolute Gasteiger partial charge is 0.242 e. The Morgan fingerprint density at radius 3 is 2.75 bits per heavy atom. The third-order valence-corrected chi connectivity index (χ3v) is 4.30. The Bertz CT molecular complexity index is 239. The van der Waals surface area contributed by atoms with E-state index < -0.39 is 0 Å². The summed E-state index contributed by atoms with van der Waals surface area (Å²) in [6.45, 7) is 5.12. The van der Waals surface area contributed by atoms with Crippen molar-refractivity contribution in [2.24, 2.45) is 0 Å². The highest BCUT2D eigenvalue weighted by molar-refractivity contribution is 7.98. The lowest BCUT2D eigenvalue weighted by Crippen LogP contribution is -2.58. The van der Waals surface area contributed by atoms with Crippen molar-refractivity contribution in [2.75, 3.05) is 25.6 Å². The molecule has 0 aromatic carbocycles. The molecule has 94 valence electrons. The van der Waals surface area contributed by atoms with Crippen LogP contribution >= 0.6 is 11.8 Å². The van der Waals surface area contributed by atoms with E-state index >= 15 is 0 Å². The highest BCUT2D eigenvalue weighted by Crippen LogP contribution is 2.22. The first-order valence-electron chi connectivity index (χ1n) is 6.02. The fourth-order valence-electron chi connectivity index (χ4n) is 2.18. The number of hydrogen-bond acceptors (Lipinski definition) is 3. The second kappa shape index (κ2) is 5.92. The minimum absolute atomic E-state index is 0.244. The molecule has 0 aliphatic carbocycles. The average Bonchev–Trinajstić information content (AvgIpc) is 2.28. The van der Waals surface area contributed by atoms with E-state index in [0.29, 0.717) is 6.04 Å². The number of nitrogens with zero attached hydrogens (tertiary/aromatic N) is 1. The first kappa shape index (κ1) is 13.8. The minimum Gasteiger partial charge on any atom is -0.341 e. The number of carbonyl (C=O) groups excluding carboxylic acids is 1. The van der Waals surface area contributed by atoms with Gasteiger partial charge in [0.1, 0.15) is 0 Å². The molecule has 2 unspecified atom stereocenters. The predicted octanol–water partition coefficient (Wildman–Crippen LogP) is 1.73. The number of amides is 1. The van der Waals surface area contributed by atoms with Crippen LogP contribution in [0.4, 0.5) is 0 Å². The zero-order valence-electron chi connectivity index (χ0n) is 10.9. The van der Waals surface area contributed by atoms with Crippen molar-refractivity contribution >= 4 is 17.7 Å². The summed E-state index contributed by atoms with van der Waals surface area (Å²) < 4.78 is 0. The lowest BCUT2D eigenvalue weighted by molar-refractivity contribution is -0.138. The van der Waals surface area contributed by atoms with Gasteiger partial charge in [-0.15, -0.1) is 0 Å². The van der Waals surface area contributed by atoms with E-state index in [1.54, 1.807) is 11.8 Å². The van der Waals surface area contributed by atoms with Gasteiger partial charge in [0.2, 0.25) is 5.91 Å². The number of likely N-dealkylation sites (N-methyl/N-ethyl adjacent to an activating group) is 1. The molecule has 1 aliphatic rings. The van der Waals surface area contributed by atoms with Crippen molar-refractivity contribution in [1.29, 1.82) is 0 Å². The lowest BCUT2D eigenvalue weighted by atomic mass is 9.89. The third-order valence-electron chi connectivity index (χ3n) is 3.48. The molecule has 0 radical (unpaired) electrons. The molecule has 1 rings (SSSR count). The molecule has 1 aliphatic heterocycles. The van der Waals surface area contributed by atoms with Crippen LogP contribution in [0.15, 0.2) is 0 Å². The average molecular weight is 244 g/mol. The summed E-state index contributed by atoms with van der Waals surface area (Å²) in [6.07, 6.45) is 5.38. The van der Waals surface area contributed by atoms with Crippen LogP contribution in [-0.4, -0.2) is 48.0 Å². The number of carbonyl (C=O) groups is 1. The molecule has 1 fully saturated rings. The van der Waals surface area contributed by atoms with Gasteiger partial charge in [0.25, 0.3) is 0 Å². The number of piperidine rings is 1. The molecule has 0 spiro atoms. The quantitative estimate of drug-likeness (QED) is 0.817. The number of hydrogen-bond donors (Lipinski definition) is 1. The Kier molecular flexibility index (Phi) is 5.12. The Morgan fingerprint density at radius 2 is 2.25 bits per heavy atom. The summed E-state index contributed by atoms with van der Waals surface area (Å²) in [4.78, 5) is 14.3. The van der Waals surface area contributed by atoms with Gasteiger partial charge in [-0.25, -0.2) is 0 Å². The molecule has 0 bridgehead atoms. The van der Waals surface area contributed by atoms with Gasteiger partial charge in [-0.05, 0) is 45.9 Å². The van der Waals surface area contributed by atoms with Crippen LogP contribution in [0.1, 0.15) is 33.1 Å². The maximum atomic E-state index is 12.4. The van der Waals surface area contributed by atoms with Gasteiger partial charge in [-0.3, -0.25) is 4.79 Å². The fourth-order valence-corrected chi connectivity index (χ4v) is 2.89. The Balaban J connectivity index is 2.61. The SMILES string of the molecule is CSCC(C)N(C)C(=O)C1(C)CCCCN1. The predicted molar refractivity (Wildman–Crippen MR) is 70.9 cm³/mol. The maximum absolute atomic E-state index is 12.4. The van der Waals surface area contributed by atoms with Crippen LogP contribution in [0, 0.1) is 0 Å². The van der Waals surface area contributed by atoms with Gasteiger partial charge >= 0.3 is 0 Å². The number of thioether (sulfide) groups is 1. The highest BCUT2D eigenvalue weighted by Gasteiger charge is 2.37. The van der Waals surface area contributed by atoms with Crippen LogP contribution < -0.4 is 5.32 Å². The maximum Gasteiger partial charge on any atom is 0.242 e. The highest BCUT2D eigenvalue weighted by atomic mass is 32.2. The molecule has 0 aromatic rings. The molecule has 0 saturated carbocycles. The Hall–Kier alpha value is -0.220. The molecule has 3 nitrogen and oxygen atoms in total. The van der Waals surface area contributed by atoms with E-state index in [-0.39, 0.29) is 11.4 Å². The lowest BCUT2D eigenvalue weighted by Gasteiger charge is -2.38. The number of rotatable bonds is 4. The molecule has 1 N–H and O–H groups in total.